The number of piperidine rings is 1. The number of pyridine rings is 1. The maximum absolute atomic E-state index is 5.20. The van der Waals surface area contributed by atoms with Crippen LogP contribution in [0.2, 0.25) is 0 Å². The van der Waals surface area contributed by atoms with Crippen molar-refractivity contribution in [1.82, 2.24) is 20.4 Å². The molecule has 6 rings (SSSR count). The van der Waals surface area contributed by atoms with E-state index >= 15 is 0 Å². The molecule has 0 unspecified atom stereocenters. The van der Waals surface area contributed by atoms with E-state index in [0.29, 0.717) is 6.04 Å². The van der Waals surface area contributed by atoms with E-state index in [2.05, 4.69) is 25.6 Å². The van der Waals surface area contributed by atoms with Gasteiger partial charge in [-0.25, -0.2) is 4.98 Å². The van der Waals surface area contributed by atoms with Crippen LogP contribution in [0.5, 0.6) is 0 Å². The van der Waals surface area contributed by atoms with Crippen molar-refractivity contribution in [3.63, 3.8) is 0 Å². The van der Waals surface area contributed by atoms with Gasteiger partial charge in [0.25, 0.3) is 0 Å². The largest absolute Gasteiger partial charge is 0.367 e. The summed E-state index contributed by atoms with van der Waals surface area (Å²) in [5.74, 6) is 2.17. The van der Waals surface area contributed by atoms with Crippen molar-refractivity contribution in [2.24, 2.45) is 0 Å². The average molecular weight is 423 g/mol. The highest BCUT2D eigenvalue weighted by Crippen LogP contribution is 2.43. The summed E-state index contributed by atoms with van der Waals surface area (Å²) in [5, 5.41) is 18.3. The zero-order valence-electron chi connectivity index (χ0n) is 17.6. The lowest BCUT2D eigenvalue weighted by Gasteiger charge is -2.27. The van der Waals surface area contributed by atoms with E-state index in [9.17, 15) is 0 Å². The fourth-order valence-corrected chi connectivity index (χ4v) is 6.80. The molecule has 1 saturated heterocycles. The summed E-state index contributed by atoms with van der Waals surface area (Å²) in [6, 6.07) is 0.578. The molecule has 2 fully saturated rings. The number of rotatable bonds is 3. The van der Waals surface area contributed by atoms with Crippen molar-refractivity contribution < 1.29 is 0 Å². The predicted molar refractivity (Wildman–Crippen MR) is 124 cm³/mol. The Hall–Kier alpha value is -2.02. The van der Waals surface area contributed by atoms with Gasteiger partial charge in [0.15, 0.2) is 5.82 Å². The van der Waals surface area contributed by atoms with Crippen LogP contribution in [0.25, 0.3) is 20.4 Å². The van der Waals surface area contributed by atoms with Gasteiger partial charge in [-0.3, -0.25) is 0 Å². The van der Waals surface area contributed by atoms with Crippen LogP contribution >= 0.6 is 11.3 Å². The van der Waals surface area contributed by atoms with E-state index in [1.54, 1.807) is 11.3 Å². The molecule has 4 heterocycles. The zero-order chi connectivity index (χ0) is 19.9. The molecule has 0 aromatic carbocycles. The molecule has 6 nitrogen and oxygen atoms in total. The van der Waals surface area contributed by atoms with Gasteiger partial charge >= 0.3 is 0 Å². The fraction of sp³-hybridized carbons (Fsp3) is 0.652. The van der Waals surface area contributed by atoms with E-state index in [1.807, 2.05) is 0 Å². The topological polar surface area (TPSA) is 66.8 Å². The average Bonchev–Trinajstić information content (AvgIpc) is 3.19. The van der Waals surface area contributed by atoms with Crippen LogP contribution in [0.15, 0.2) is 0 Å². The van der Waals surface area contributed by atoms with Crippen LogP contribution in [-0.4, -0.2) is 39.5 Å². The molecule has 2 aliphatic carbocycles. The van der Waals surface area contributed by atoms with Crippen molar-refractivity contribution >= 4 is 43.4 Å². The van der Waals surface area contributed by atoms with E-state index in [0.717, 1.165) is 47.9 Å². The van der Waals surface area contributed by atoms with Gasteiger partial charge in [-0.2, -0.15) is 0 Å². The second kappa shape index (κ2) is 7.91. The number of hydrogen-bond donors (Lipinski definition) is 1. The minimum Gasteiger partial charge on any atom is -0.367 e. The quantitative estimate of drug-likeness (QED) is 0.622. The van der Waals surface area contributed by atoms with Gasteiger partial charge in [-0.1, -0.05) is 19.3 Å². The summed E-state index contributed by atoms with van der Waals surface area (Å²) in [6.45, 7) is 2.14. The summed E-state index contributed by atoms with van der Waals surface area (Å²) in [4.78, 5) is 8.72. The molecule has 3 aromatic heterocycles. The first-order valence-corrected chi connectivity index (χ1v) is 12.7. The number of hydrogen-bond acceptors (Lipinski definition) is 7. The van der Waals surface area contributed by atoms with Crippen LogP contribution in [-0.2, 0) is 12.8 Å². The molecule has 0 spiro atoms. The number of aromatic nitrogens is 4. The van der Waals surface area contributed by atoms with Gasteiger partial charge in [0.1, 0.15) is 20.9 Å². The lowest BCUT2D eigenvalue weighted by molar-refractivity contribution is 0.461. The Balaban J connectivity index is 1.50. The Morgan fingerprint density at radius 3 is 2.43 bits per heavy atom. The van der Waals surface area contributed by atoms with Crippen LogP contribution in [0.4, 0.5) is 11.6 Å². The third kappa shape index (κ3) is 3.22. The first-order chi connectivity index (χ1) is 14.9. The standard InChI is InChI=1S/C23H30N6S/c1-3-9-15(10-4-1)24-21-17-12-6-5-11-16(17)18-19-20(30-23(18)25-21)22(27-28-26-19)29-13-7-2-8-14-29/h15H,1-14H2,(H,24,25). The lowest BCUT2D eigenvalue weighted by atomic mass is 9.89. The molecule has 158 valence electrons. The number of fused-ring (bicyclic) bond motifs is 5. The second-order valence-corrected chi connectivity index (χ2v) is 10.2. The highest BCUT2D eigenvalue weighted by atomic mass is 32.1. The first kappa shape index (κ1) is 18.7. The first-order valence-electron chi connectivity index (χ1n) is 11.9. The van der Waals surface area contributed by atoms with Crippen LogP contribution < -0.4 is 10.2 Å². The SMILES string of the molecule is C1CCC(Nc2nc3sc4c(N5CCCCC5)nnnc4c3c3c2CCCC3)CC1. The number of nitrogens with zero attached hydrogens (tertiary/aromatic N) is 5. The summed E-state index contributed by atoms with van der Waals surface area (Å²) < 4.78 is 1.18. The van der Waals surface area contributed by atoms with Gasteiger partial charge in [-0.05, 0) is 74.1 Å². The number of nitrogens with one attached hydrogen (secondary N) is 1. The van der Waals surface area contributed by atoms with Crippen molar-refractivity contribution in [2.75, 3.05) is 23.3 Å². The summed E-state index contributed by atoms with van der Waals surface area (Å²) >= 11 is 1.77. The van der Waals surface area contributed by atoms with Crippen molar-refractivity contribution in [3.8, 4) is 0 Å². The molecule has 1 N–H and O–H groups in total. The molecular formula is C23H30N6S. The van der Waals surface area contributed by atoms with Gasteiger partial charge in [0, 0.05) is 24.5 Å². The van der Waals surface area contributed by atoms with Gasteiger partial charge < -0.3 is 10.2 Å². The van der Waals surface area contributed by atoms with Crippen molar-refractivity contribution in [2.45, 2.75) is 83.1 Å². The molecule has 30 heavy (non-hydrogen) atoms. The smallest absolute Gasteiger partial charge is 0.172 e. The van der Waals surface area contributed by atoms with E-state index < -0.39 is 0 Å². The van der Waals surface area contributed by atoms with E-state index in [4.69, 9.17) is 4.98 Å². The number of anilines is 2. The molecule has 7 heteroatoms. The Morgan fingerprint density at radius 1 is 0.833 bits per heavy atom. The van der Waals surface area contributed by atoms with E-state index in [-0.39, 0.29) is 0 Å². The van der Waals surface area contributed by atoms with Crippen LogP contribution in [0.3, 0.4) is 0 Å². The monoisotopic (exact) mass is 422 g/mol. The minimum absolute atomic E-state index is 0.578. The van der Waals surface area contributed by atoms with Crippen LogP contribution in [0, 0.1) is 0 Å². The van der Waals surface area contributed by atoms with E-state index in [1.165, 1.54) is 85.4 Å². The van der Waals surface area contributed by atoms with Crippen molar-refractivity contribution in [3.05, 3.63) is 11.1 Å². The number of aryl methyl sites for hydroxylation is 1. The Kier molecular flexibility index (Phi) is 4.94. The summed E-state index contributed by atoms with van der Waals surface area (Å²) in [6.07, 6.45) is 15.2. The Morgan fingerprint density at radius 2 is 1.60 bits per heavy atom. The van der Waals surface area contributed by atoms with Crippen molar-refractivity contribution in [1.29, 1.82) is 0 Å². The predicted octanol–water partition coefficient (Wildman–Crippen LogP) is 5.25. The number of thiophene rings is 1. The second-order valence-electron chi connectivity index (χ2n) is 9.22. The summed E-state index contributed by atoms with van der Waals surface area (Å²) in [7, 11) is 0. The molecule has 3 aliphatic rings. The third-order valence-electron chi connectivity index (χ3n) is 7.22. The van der Waals surface area contributed by atoms with Gasteiger partial charge in [-0.15, -0.1) is 21.5 Å². The normalized spacial score (nSPS) is 20.6. The molecule has 1 saturated carbocycles. The van der Waals surface area contributed by atoms with Gasteiger partial charge in [0.2, 0.25) is 0 Å². The molecule has 1 aliphatic heterocycles. The Bertz CT molecular complexity index is 1060. The summed E-state index contributed by atoms with van der Waals surface area (Å²) in [5.41, 5.74) is 3.94. The lowest BCUT2D eigenvalue weighted by Crippen LogP contribution is -2.30. The zero-order valence-corrected chi connectivity index (χ0v) is 18.4. The molecule has 0 amide bonds. The maximum Gasteiger partial charge on any atom is 0.172 e. The molecule has 0 atom stereocenters. The highest BCUT2D eigenvalue weighted by molar-refractivity contribution is 7.26. The molecule has 0 radical (unpaired) electrons. The third-order valence-corrected chi connectivity index (χ3v) is 8.29. The van der Waals surface area contributed by atoms with Crippen LogP contribution in [0.1, 0.15) is 75.3 Å². The van der Waals surface area contributed by atoms with Gasteiger partial charge in [0.05, 0.1) is 0 Å². The minimum atomic E-state index is 0.578. The molecule has 0 bridgehead atoms. The fourth-order valence-electron chi connectivity index (χ4n) is 5.65. The maximum atomic E-state index is 5.20. The highest BCUT2D eigenvalue weighted by Gasteiger charge is 2.26. The molecule has 3 aromatic rings. The molecular weight excluding hydrogens is 392 g/mol. The Labute approximate surface area is 181 Å².